The number of nitro groups is 1. The van der Waals surface area contributed by atoms with Crippen molar-refractivity contribution in [3.63, 3.8) is 0 Å². The van der Waals surface area contributed by atoms with E-state index >= 15 is 0 Å². The van der Waals surface area contributed by atoms with Crippen LogP contribution in [0.3, 0.4) is 0 Å². The summed E-state index contributed by atoms with van der Waals surface area (Å²) in [4.78, 5) is 23.3. The summed E-state index contributed by atoms with van der Waals surface area (Å²) in [7, 11) is 1.21. The average Bonchev–Trinajstić information content (AvgIpc) is 3.17. The predicted octanol–water partition coefficient (Wildman–Crippen LogP) is 2.79. The van der Waals surface area contributed by atoms with Crippen molar-refractivity contribution in [3.8, 4) is 17.6 Å². The molecular weight excluding hydrogens is 402 g/mol. The summed E-state index contributed by atoms with van der Waals surface area (Å²) in [5, 5.41) is 25.4. The summed E-state index contributed by atoms with van der Waals surface area (Å²) in [6.45, 7) is 0. The lowest BCUT2D eigenvalue weighted by molar-refractivity contribution is -0.384. The largest absolute Gasteiger partial charge is 0.464 e. The molecule has 4 rings (SSSR count). The number of fused-ring (bicyclic) bond motifs is 1. The van der Waals surface area contributed by atoms with Gasteiger partial charge in [0.05, 0.1) is 29.2 Å². The van der Waals surface area contributed by atoms with Crippen molar-refractivity contribution in [2.24, 2.45) is 5.73 Å². The number of hydrogen-bond acceptors (Lipinski definition) is 8. The lowest BCUT2D eigenvalue weighted by Crippen LogP contribution is -2.23. The van der Waals surface area contributed by atoms with Crippen LogP contribution in [0, 0.1) is 21.4 Å². The molecule has 10 heteroatoms. The maximum atomic E-state index is 12.6. The molecular formula is C21H15N5O5. The molecule has 31 heavy (non-hydrogen) atoms. The number of carbonyl (C=O) groups excluding carboxylic acids is 1. The van der Waals surface area contributed by atoms with Gasteiger partial charge in [-0.05, 0) is 17.7 Å². The summed E-state index contributed by atoms with van der Waals surface area (Å²) >= 11 is 0. The van der Waals surface area contributed by atoms with Crippen molar-refractivity contribution in [1.82, 2.24) is 9.78 Å². The molecule has 0 aliphatic carbocycles. The molecule has 3 aromatic rings. The van der Waals surface area contributed by atoms with Crippen molar-refractivity contribution in [2.45, 2.75) is 5.92 Å². The SMILES string of the molecule is COC(=O)c1nn(-c2ccccc2)c2c1C(c1cccc([N+](=O)[O-])c1)C(C#N)=C(N)O2. The van der Waals surface area contributed by atoms with E-state index in [-0.39, 0.29) is 34.3 Å². The first kappa shape index (κ1) is 19.7. The Kier molecular flexibility index (Phi) is 4.85. The Balaban J connectivity index is 2.03. The number of allylic oxidation sites excluding steroid dienone is 1. The van der Waals surface area contributed by atoms with Gasteiger partial charge in [0, 0.05) is 12.1 Å². The monoisotopic (exact) mass is 417 g/mol. The molecule has 2 aromatic carbocycles. The number of esters is 1. The number of hydrogen-bond donors (Lipinski definition) is 1. The number of nitro benzene ring substituents is 1. The second-order valence-electron chi connectivity index (χ2n) is 6.58. The Morgan fingerprint density at radius 2 is 2.03 bits per heavy atom. The second kappa shape index (κ2) is 7.64. The van der Waals surface area contributed by atoms with Gasteiger partial charge in [0.1, 0.15) is 11.6 Å². The van der Waals surface area contributed by atoms with Gasteiger partial charge in [0.2, 0.25) is 11.8 Å². The molecule has 1 aliphatic rings. The highest BCUT2D eigenvalue weighted by atomic mass is 16.6. The molecule has 0 spiro atoms. The van der Waals surface area contributed by atoms with Crippen LogP contribution < -0.4 is 10.5 Å². The molecule has 1 unspecified atom stereocenters. The summed E-state index contributed by atoms with van der Waals surface area (Å²) in [5.74, 6) is -1.72. The van der Waals surface area contributed by atoms with Gasteiger partial charge in [0.15, 0.2) is 5.69 Å². The number of nitrogens with zero attached hydrogens (tertiary/aromatic N) is 4. The third kappa shape index (κ3) is 3.24. The summed E-state index contributed by atoms with van der Waals surface area (Å²) in [5.41, 5.74) is 7.00. The van der Waals surface area contributed by atoms with E-state index in [2.05, 4.69) is 5.10 Å². The summed E-state index contributed by atoms with van der Waals surface area (Å²) in [6.07, 6.45) is 0. The van der Waals surface area contributed by atoms with Crippen LogP contribution in [0.15, 0.2) is 66.1 Å². The summed E-state index contributed by atoms with van der Waals surface area (Å²) < 4.78 is 12.0. The zero-order valence-electron chi connectivity index (χ0n) is 16.2. The minimum Gasteiger partial charge on any atom is -0.464 e. The fourth-order valence-electron chi connectivity index (χ4n) is 3.48. The van der Waals surface area contributed by atoms with Crippen LogP contribution >= 0.6 is 0 Å². The predicted molar refractivity (Wildman–Crippen MR) is 107 cm³/mol. The van der Waals surface area contributed by atoms with E-state index < -0.39 is 16.8 Å². The molecule has 2 N–H and O–H groups in total. The van der Waals surface area contributed by atoms with Gasteiger partial charge >= 0.3 is 5.97 Å². The Morgan fingerprint density at radius 3 is 2.68 bits per heavy atom. The van der Waals surface area contributed by atoms with E-state index in [1.807, 2.05) is 12.1 Å². The topological polar surface area (TPSA) is 146 Å². The van der Waals surface area contributed by atoms with Gasteiger partial charge < -0.3 is 15.2 Å². The van der Waals surface area contributed by atoms with Crippen molar-refractivity contribution in [1.29, 1.82) is 5.26 Å². The van der Waals surface area contributed by atoms with Crippen LogP contribution in [0.25, 0.3) is 5.69 Å². The minimum atomic E-state index is -0.916. The van der Waals surface area contributed by atoms with Crippen molar-refractivity contribution in [2.75, 3.05) is 7.11 Å². The minimum absolute atomic E-state index is 0.00534. The zero-order chi connectivity index (χ0) is 22.1. The highest BCUT2D eigenvalue weighted by Crippen LogP contribution is 2.45. The molecule has 2 heterocycles. The molecule has 0 radical (unpaired) electrons. The Hall–Kier alpha value is -4.65. The average molecular weight is 417 g/mol. The number of non-ortho nitro benzene ring substituents is 1. The lowest BCUT2D eigenvalue weighted by atomic mass is 9.84. The summed E-state index contributed by atoms with van der Waals surface area (Å²) in [6, 6.07) is 16.6. The number of rotatable bonds is 4. The standard InChI is InChI=1S/C21H15N5O5/c1-30-21(27)18-17-16(12-6-5-9-14(10-12)26(28)29)15(11-22)19(23)31-20(17)25(24-18)13-7-3-2-4-8-13/h2-10,16H,23H2,1H3. The van der Waals surface area contributed by atoms with Crippen LogP contribution in [-0.2, 0) is 4.74 Å². The van der Waals surface area contributed by atoms with E-state index in [1.54, 1.807) is 30.3 Å². The Morgan fingerprint density at radius 1 is 1.29 bits per heavy atom. The van der Waals surface area contributed by atoms with Crippen LogP contribution in [0.1, 0.15) is 27.5 Å². The molecule has 0 saturated carbocycles. The van der Waals surface area contributed by atoms with Gasteiger partial charge in [-0.25, -0.2) is 4.79 Å². The third-order valence-corrected chi connectivity index (χ3v) is 4.84. The van der Waals surface area contributed by atoms with Gasteiger partial charge in [-0.2, -0.15) is 15.0 Å². The maximum absolute atomic E-state index is 12.6. The highest BCUT2D eigenvalue weighted by Gasteiger charge is 2.39. The number of benzene rings is 2. The number of carbonyl (C=O) groups is 1. The zero-order valence-corrected chi connectivity index (χ0v) is 16.2. The van der Waals surface area contributed by atoms with Gasteiger partial charge in [-0.1, -0.05) is 30.3 Å². The van der Waals surface area contributed by atoms with E-state index in [0.29, 0.717) is 11.3 Å². The van der Waals surface area contributed by atoms with Gasteiger partial charge in [0.25, 0.3) is 5.69 Å². The first-order valence-electron chi connectivity index (χ1n) is 9.04. The second-order valence-corrected chi connectivity index (χ2v) is 6.58. The number of nitriles is 1. The molecule has 154 valence electrons. The van der Waals surface area contributed by atoms with Crippen LogP contribution in [-0.4, -0.2) is 27.8 Å². The van der Waals surface area contributed by atoms with Crippen molar-refractivity contribution < 1.29 is 19.2 Å². The van der Waals surface area contributed by atoms with Gasteiger partial charge in [-0.3, -0.25) is 10.1 Å². The van der Waals surface area contributed by atoms with E-state index in [9.17, 15) is 20.2 Å². The molecule has 0 fully saturated rings. The lowest BCUT2D eigenvalue weighted by Gasteiger charge is -2.24. The molecule has 1 aromatic heterocycles. The van der Waals surface area contributed by atoms with Crippen molar-refractivity contribution in [3.05, 3.63) is 93.0 Å². The fraction of sp³-hybridized carbons (Fsp3) is 0.0952. The van der Waals surface area contributed by atoms with Crippen LogP contribution in [0.4, 0.5) is 5.69 Å². The van der Waals surface area contributed by atoms with E-state index in [0.717, 1.165) is 0 Å². The quantitative estimate of drug-likeness (QED) is 0.387. The highest BCUT2D eigenvalue weighted by molar-refractivity contribution is 5.91. The molecule has 0 amide bonds. The fourth-order valence-corrected chi connectivity index (χ4v) is 3.48. The number of methoxy groups -OCH3 is 1. The molecule has 10 nitrogen and oxygen atoms in total. The molecule has 0 saturated heterocycles. The van der Waals surface area contributed by atoms with Crippen LogP contribution in [0.2, 0.25) is 0 Å². The van der Waals surface area contributed by atoms with Crippen molar-refractivity contribution >= 4 is 11.7 Å². The first-order chi connectivity index (χ1) is 15.0. The maximum Gasteiger partial charge on any atom is 0.359 e. The normalized spacial score (nSPS) is 14.9. The van der Waals surface area contributed by atoms with Gasteiger partial charge in [-0.15, -0.1) is 0 Å². The number of para-hydroxylation sites is 1. The molecule has 1 aliphatic heterocycles. The first-order valence-corrected chi connectivity index (χ1v) is 9.04. The van der Waals surface area contributed by atoms with E-state index in [4.69, 9.17) is 15.2 Å². The molecule has 0 bridgehead atoms. The number of aromatic nitrogens is 2. The third-order valence-electron chi connectivity index (χ3n) is 4.84. The molecule has 1 atom stereocenters. The van der Waals surface area contributed by atoms with Crippen LogP contribution in [0.5, 0.6) is 5.88 Å². The Bertz CT molecular complexity index is 1270. The Labute approximate surface area is 175 Å². The smallest absolute Gasteiger partial charge is 0.359 e. The van der Waals surface area contributed by atoms with E-state index in [1.165, 1.54) is 30.0 Å². The number of nitrogens with two attached hydrogens (primary N) is 1. The number of ether oxygens (including phenoxy) is 2.